The van der Waals surface area contributed by atoms with E-state index >= 15 is 0 Å². The molecule has 0 spiro atoms. The molecule has 3 nitrogen and oxygen atoms in total. The minimum Gasteiger partial charge on any atom is -0.508 e. The summed E-state index contributed by atoms with van der Waals surface area (Å²) in [6, 6.07) is 4.95. The number of hydrogen-bond donors (Lipinski definition) is 2. The highest BCUT2D eigenvalue weighted by Gasteiger charge is 2.04. The van der Waals surface area contributed by atoms with Crippen LogP contribution in [-0.4, -0.2) is 16.2 Å². The van der Waals surface area contributed by atoms with E-state index in [-0.39, 0.29) is 12.2 Å². The maximum absolute atomic E-state index is 10.3. The number of carboxylic acid groups (broad SMARTS) is 1. The summed E-state index contributed by atoms with van der Waals surface area (Å²) in [5.74, 6) is -0.883. The Morgan fingerprint density at radius 2 is 2.17 bits per heavy atom. The topological polar surface area (TPSA) is 57.5 Å². The zero-order valence-corrected chi connectivity index (χ0v) is 6.74. The van der Waals surface area contributed by atoms with Crippen LogP contribution in [0.25, 0.3) is 0 Å². The summed E-state index contributed by atoms with van der Waals surface area (Å²) in [6.07, 6.45) is -0.133. The van der Waals surface area contributed by atoms with E-state index in [9.17, 15) is 9.90 Å². The lowest BCUT2D eigenvalue weighted by Gasteiger charge is -2.01. The highest BCUT2D eigenvalue weighted by atomic mass is 16.4. The van der Waals surface area contributed by atoms with Gasteiger partial charge in [0.2, 0.25) is 0 Å². The van der Waals surface area contributed by atoms with Crippen LogP contribution in [0.5, 0.6) is 5.75 Å². The third-order valence-corrected chi connectivity index (χ3v) is 1.58. The number of aryl methyl sites for hydroxylation is 1. The Labute approximate surface area is 70.3 Å². The quantitative estimate of drug-likeness (QED) is 0.696. The highest BCUT2D eigenvalue weighted by molar-refractivity contribution is 5.71. The molecule has 64 valence electrons. The van der Waals surface area contributed by atoms with Gasteiger partial charge in [0.25, 0.3) is 0 Å². The molecular formula is C9H10O3. The Balaban J connectivity index is 2.93. The lowest BCUT2D eigenvalue weighted by Crippen LogP contribution is -2.00. The van der Waals surface area contributed by atoms with Crippen LogP contribution >= 0.6 is 0 Å². The summed E-state index contributed by atoms with van der Waals surface area (Å²) in [5, 5.41) is 17.7. The first kappa shape index (κ1) is 8.59. The summed E-state index contributed by atoms with van der Waals surface area (Å²) in [5.41, 5.74) is 1.37. The molecule has 0 aliphatic heterocycles. The number of rotatable bonds is 2. The van der Waals surface area contributed by atoms with Crippen molar-refractivity contribution >= 4 is 5.97 Å². The number of phenolic OH excluding ortho intramolecular Hbond substituents is 1. The molecule has 0 aromatic heterocycles. The molecule has 12 heavy (non-hydrogen) atoms. The molecule has 0 radical (unpaired) electrons. The molecule has 0 heterocycles. The van der Waals surface area contributed by atoms with Gasteiger partial charge in [-0.1, -0.05) is 12.1 Å². The van der Waals surface area contributed by atoms with E-state index in [0.29, 0.717) is 5.56 Å². The first-order valence-corrected chi connectivity index (χ1v) is 3.60. The molecule has 0 saturated carbocycles. The van der Waals surface area contributed by atoms with Crippen molar-refractivity contribution in [2.24, 2.45) is 0 Å². The third kappa shape index (κ3) is 1.99. The Kier molecular flexibility index (Phi) is 2.33. The van der Waals surface area contributed by atoms with Gasteiger partial charge in [-0.2, -0.15) is 0 Å². The molecule has 0 aliphatic carbocycles. The van der Waals surface area contributed by atoms with Gasteiger partial charge in [-0.3, -0.25) is 4.79 Å². The summed E-state index contributed by atoms with van der Waals surface area (Å²) >= 11 is 0. The molecule has 3 heteroatoms. The fourth-order valence-electron chi connectivity index (χ4n) is 0.986. The van der Waals surface area contributed by atoms with Crippen molar-refractivity contribution in [3.8, 4) is 5.75 Å². The minimum atomic E-state index is -0.936. The monoisotopic (exact) mass is 166 g/mol. The molecule has 0 amide bonds. The van der Waals surface area contributed by atoms with Gasteiger partial charge in [0.1, 0.15) is 5.75 Å². The number of aliphatic carboxylic acids is 1. The van der Waals surface area contributed by atoms with Crippen molar-refractivity contribution in [3.63, 3.8) is 0 Å². The first-order chi connectivity index (χ1) is 5.59. The fourth-order valence-corrected chi connectivity index (χ4v) is 0.986. The normalized spacial score (nSPS) is 9.75. The Morgan fingerprint density at radius 1 is 1.50 bits per heavy atom. The molecular weight excluding hydrogens is 156 g/mol. The highest BCUT2D eigenvalue weighted by Crippen LogP contribution is 2.18. The van der Waals surface area contributed by atoms with Crippen molar-refractivity contribution in [1.29, 1.82) is 0 Å². The van der Waals surface area contributed by atoms with Crippen molar-refractivity contribution in [2.45, 2.75) is 13.3 Å². The largest absolute Gasteiger partial charge is 0.508 e. The van der Waals surface area contributed by atoms with Crippen LogP contribution in [0.3, 0.4) is 0 Å². The van der Waals surface area contributed by atoms with E-state index in [2.05, 4.69) is 0 Å². The van der Waals surface area contributed by atoms with Crippen LogP contribution in [0, 0.1) is 6.92 Å². The lowest BCUT2D eigenvalue weighted by molar-refractivity contribution is -0.136. The van der Waals surface area contributed by atoms with Gasteiger partial charge >= 0.3 is 5.97 Å². The summed E-state index contributed by atoms with van der Waals surface area (Å²) in [4.78, 5) is 10.3. The minimum absolute atomic E-state index is 0.0531. The Bertz CT molecular complexity index is 305. The lowest BCUT2D eigenvalue weighted by atomic mass is 10.1. The molecule has 0 fully saturated rings. The van der Waals surface area contributed by atoms with Crippen LogP contribution in [0.15, 0.2) is 18.2 Å². The van der Waals surface area contributed by atoms with Crippen molar-refractivity contribution in [1.82, 2.24) is 0 Å². The second-order valence-electron chi connectivity index (χ2n) is 2.70. The molecule has 0 atom stereocenters. The van der Waals surface area contributed by atoms with Gasteiger partial charge < -0.3 is 10.2 Å². The smallest absolute Gasteiger partial charge is 0.307 e. The first-order valence-electron chi connectivity index (χ1n) is 3.60. The van der Waals surface area contributed by atoms with Crippen molar-refractivity contribution < 1.29 is 15.0 Å². The summed E-state index contributed by atoms with van der Waals surface area (Å²) in [6.45, 7) is 1.84. The van der Waals surface area contributed by atoms with Crippen LogP contribution in [0.2, 0.25) is 0 Å². The van der Waals surface area contributed by atoms with Gasteiger partial charge in [-0.15, -0.1) is 0 Å². The van der Waals surface area contributed by atoms with E-state index < -0.39 is 5.97 Å². The van der Waals surface area contributed by atoms with E-state index in [1.165, 1.54) is 0 Å². The second kappa shape index (κ2) is 3.26. The van der Waals surface area contributed by atoms with Gasteiger partial charge in [0.15, 0.2) is 0 Å². The Morgan fingerprint density at radius 3 is 2.67 bits per heavy atom. The molecule has 1 rings (SSSR count). The van der Waals surface area contributed by atoms with Crippen LogP contribution in [0.4, 0.5) is 0 Å². The van der Waals surface area contributed by atoms with Crippen LogP contribution in [-0.2, 0) is 11.2 Å². The SMILES string of the molecule is Cc1ccc(CC(=O)O)c(O)c1. The number of benzene rings is 1. The van der Waals surface area contributed by atoms with Gasteiger partial charge in [-0.05, 0) is 18.6 Å². The number of carboxylic acids is 1. The molecule has 0 aliphatic rings. The summed E-state index contributed by atoms with van der Waals surface area (Å²) < 4.78 is 0. The average Bonchev–Trinajstić information content (AvgIpc) is 1.94. The number of aromatic hydroxyl groups is 1. The average molecular weight is 166 g/mol. The Hall–Kier alpha value is -1.51. The number of carbonyl (C=O) groups is 1. The standard InChI is InChI=1S/C9H10O3/c1-6-2-3-7(5-9(11)12)8(10)4-6/h2-4,10H,5H2,1H3,(H,11,12). The number of phenols is 1. The molecule has 1 aromatic carbocycles. The molecule has 0 unspecified atom stereocenters. The molecule has 0 saturated heterocycles. The van der Waals surface area contributed by atoms with E-state index in [1.807, 2.05) is 6.92 Å². The predicted octanol–water partition coefficient (Wildman–Crippen LogP) is 1.33. The maximum atomic E-state index is 10.3. The zero-order chi connectivity index (χ0) is 9.14. The van der Waals surface area contributed by atoms with Crippen molar-refractivity contribution in [2.75, 3.05) is 0 Å². The molecule has 1 aromatic rings. The summed E-state index contributed by atoms with van der Waals surface area (Å²) in [7, 11) is 0. The van der Waals surface area contributed by atoms with Gasteiger partial charge in [0.05, 0.1) is 6.42 Å². The van der Waals surface area contributed by atoms with E-state index in [0.717, 1.165) is 5.56 Å². The number of hydrogen-bond acceptors (Lipinski definition) is 2. The van der Waals surface area contributed by atoms with Crippen molar-refractivity contribution in [3.05, 3.63) is 29.3 Å². The third-order valence-electron chi connectivity index (χ3n) is 1.58. The fraction of sp³-hybridized carbons (Fsp3) is 0.222. The zero-order valence-electron chi connectivity index (χ0n) is 6.74. The molecule has 2 N–H and O–H groups in total. The van der Waals surface area contributed by atoms with Gasteiger partial charge in [0, 0.05) is 5.56 Å². The van der Waals surface area contributed by atoms with Crippen LogP contribution in [0.1, 0.15) is 11.1 Å². The second-order valence-corrected chi connectivity index (χ2v) is 2.70. The maximum Gasteiger partial charge on any atom is 0.307 e. The van der Waals surface area contributed by atoms with Gasteiger partial charge in [-0.25, -0.2) is 0 Å². The predicted molar refractivity (Wildman–Crippen MR) is 44.2 cm³/mol. The van der Waals surface area contributed by atoms with E-state index in [1.54, 1.807) is 18.2 Å². The van der Waals surface area contributed by atoms with E-state index in [4.69, 9.17) is 5.11 Å². The molecule has 0 bridgehead atoms. The van der Waals surface area contributed by atoms with Crippen LogP contribution < -0.4 is 0 Å².